The number of fused-ring (bicyclic) bond motifs is 2. The highest BCUT2D eigenvalue weighted by Gasteiger charge is 2.29. The highest BCUT2D eigenvalue weighted by molar-refractivity contribution is 6.35. The van der Waals surface area contributed by atoms with Crippen LogP contribution in [0.2, 0.25) is 0 Å². The molecule has 2 aliphatic rings. The lowest BCUT2D eigenvalue weighted by Crippen LogP contribution is -2.19. The number of H-pyrrole nitrogens is 1. The van der Waals surface area contributed by atoms with Crippen LogP contribution in [0.5, 0.6) is 5.75 Å². The highest BCUT2D eigenvalue weighted by Crippen LogP contribution is 2.37. The SMILES string of the molecule is COc1ccc(NC(=O)Nc2ccc3c(c2)C(=Cc2[nH]c4c(c2CCC(=O)O)C(=O)CCC4)C(=O)N3)cc1. The zero-order chi connectivity index (χ0) is 26.8. The van der Waals surface area contributed by atoms with Crippen molar-refractivity contribution in [3.05, 3.63) is 70.5 Å². The van der Waals surface area contributed by atoms with Crippen LogP contribution in [0.3, 0.4) is 0 Å². The van der Waals surface area contributed by atoms with Gasteiger partial charge in [0.15, 0.2) is 5.78 Å². The molecule has 38 heavy (non-hydrogen) atoms. The molecule has 0 fully saturated rings. The van der Waals surface area contributed by atoms with Crippen LogP contribution in [0.25, 0.3) is 11.6 Å². The fraction of sp³-hybridized carbons (Fsp3) is 0.214. The van der Waals surface area contributed by atoms with Gasteiger partial charge in [-0.25, -0.2) is 4.79 Å². The summed E-state index contributed by atoms with van der Waals surface area (Å²) in [5, 5.41) is 17.6. The van der Waals surface area contributed by atoms with E-state index in [0.717, 1.165) is 12.1 Å². The summed E-state index contributed by atoms with van der Waals surface area (Å²) in [5.74, 6) is -0.639. The normalized spacial score (nSPS) is 15.0. The predicted octanol–water partition coefficient (Wildman–Crippen LogP) is 4.70. The van der Waals surface area contributed by atoms with Gasteiger partial charge in [-0.3, -0.25) is 14.4 Å². The van der Waals surface area contributed by atoms with Gasteiger partial charge in [-0.2, -0.15) is 0 Å². The molecule has 0 bridgehead atoms. The van der Waals surface area contributed by atoms with Crippen molar-refractivity contribution in [2.75, 3.05) is 23.1 Å². The number of anilines is 3. The van der Waals surface area contributed by atoms with Gasteiger partial charge < -0.3 is 30.8 Å². The molecule has 0 radical (unpaired) electrons. The molecule has 5 N–H and O–H groups in total. The monoisotopic (exact) mass is 514 g/mol. The molecule has 0 saturated heterocycles. The maximum absolute atomic E-state index is 12.9. The number of ketones is 1. The lowest BCUT2D eigenvalue weighted by molar-refractivity contribution is -0.137. The van der Waals surface area contributed by atoms with E-state index in [1.54, 1.807) is 55.7 Å². The molecule has 10 nitrogen and oxygen atoms in total. The van der Waals surface area contributed by atoms with Gasteiger partial charge in [0.05, 0.1) is 12.7 Å². The molecule has 5 rings (SSSR count). The molecule has 0 unspecified atom stereocenters. The number of methoxy groups -OCH3 is 1. The Morgan fingerprint density at radius 1 is 1.05 bits per heavy atom. The molecule has 1 aliphatic heterocycles. The van der Waals surface area contributed by atoms with Crippen molar-refractivity contribution in [1.82, 2.24) is 4.98 Å². The van der Waals surface area contributed by atoms with Gasteiger partial charge in [-0.15, -0.1) is 0 Å². The molecule has 0 atom stereocenters. The van der Waals surface area contributed by atoms with E-state index in [9.17, 15) is 24.3 Å². The molecule has 1 aliphatic carbocycles. The highest BCUT2D eigenvalue weighted by atomic mass is 16.5. The number of Topliss-reactive ketones (excluding diaryl/α,β-unsaturated/α-hetero) is 1. The molecule has 3 aromatic rings. The van der Waals surface area contributed by atoms with Gasteiger partial charge in [0.1, 0.15) is 5.75 Å². The van der Waals surface area contributed by atoms with E-state index in [1.807, 2.05) is 0 Å². The maximum atomic E-state index is 12.9. The summed E-state index contributed by atoms with van der Waals surface area (Å²) in [6, 6.07) is 11.5. The Bertz CT molecular complexity index is 1490. The standard InChI is InChI=1S/C28H26N4O6/c1-38-17-8-5-15(6-9-17)29-28(37)30-16-7-11-21-19(13-16)20(27(36)32-21)14-23-18(10-12-25(34)35)26-22(31-23)3-2-4-24(26)33/h5-9,11,13-14,31H,2-4,10,12H2,1H3,(H,32,36)(H,34,35)(H2,29,30,37). The van der Waals surface area contributed by atoms with Gasteiger partial charge >= 0.3 is 12.0 Å². The molecule has 194 valence electrons. The smallest absolute Gasteiger partial charge is 0.323 e. The lowest BCUT2D eigenvalue weighted by atomic mass is 9.91. The largest absolute Gasteiger partial charge is 0.497 e. The number of aliphatic carboxylic acids is 1. The number of carbonyl (C=O) groups excluding carboxylic acids is 3. The number of carbonyl (C=O) groups is 4. The quantitative estimate of drug-likeness (QED) is 0.289. The summed E-state index contributed by atoms with van der Waals surface area (Å²) in [6.07, 6.45) is 3.52. The van der Waals surface area contributed by atoms with Crippen LogP contribution >= 0.6 is 0 Å². The first-order chi connectivity index (χ1) is 18.3. The Labute approximate surface area is 218 Å². The number of hydrogen-bond donors (Lipinski definition) is 5. The fourth-order valence-electron chi connectivity index (χ4n) is 4.83. The van der Waals surface area contributed by atoms with Crippen molar-refractivity contribution >= 4 is 52.4 Å². The summed E-state index contributed by atoms with van der Waals surface area (Å²) < 4.78 is 5.12. The average molecular weight is 515 g/mol. The number of urea groups is 1. The number of carboxylic acid groups (broad SMARTS) is 1. The number of aryl methyl sites for hydroxylation is 1. The van der Waals surface area contributed by atoms with E-state index in [1.165, 1.54) is 0 Å². The second-order valence-corrected chi connectivity index (χ2v) is 9.12. The molecule has 3 amide bonds. The van der Waals surface area contributed by atoms with Crippen LogP contribution in [0.4, 0.5) is 21.9 Å². The summed E-state index contributed by atoms with van der Waals surface area (Å²) in [4.78, 5) is 52.6. The zero-order valence-corrected chi connectivity index (χ0v) is 20.6. The fourth-order valence-corrected chi connectivity index (χ4v) is 4.83. The van der Waals surface area contributed by atoms with E-state index < -0.39 is 12.0 Å². The second-order valence-electron chi connectivity index (χ2n) is 9.12. The number of ether oxygens (including phenoxy) is 1. The summed E-state index contributed by atoms with van der Waals surface area (Å²) in [6.45, 7) is 0. The number of rotatable bonds is 7. The predicted molar refractivity (Wildman–Crippen MR) is 143 cm³/mol. The van der Waals surface area contributed by atoms with E-state index in [-0.39, 0.29) is 24.5 Å². The first kappa shape index (κ1) is 24.8. The van der Waals surface area contributed by atoms with Crippen molar-refractivity contribution in [2.24, 2.45) is 0 Å². The molecule has 2 heterocycles. The Morgan fingerprint density at radius 3 is 2.53 bits per heavy atom. The van der Waals surface area contributed by atoms with Crippen LogP contribution in [-0.4, -0.2) is 40.9 Å². The van der Waals surface area contributed by atoms with Gasteiger partial charge in [0.25, 0.3) is 5.91 Å². The number of benzene rings is 2. The number of aromatic amines is 1. The van der Waals surface area contributed by atoms with Crippen LogP contribution in [0.1, 0.15) is 52.1 Å². The van der Waals surface area contributed by atoms with E-state index in [2.05, 4.69) is 20.9 Å². The van der Waals surface area contributed by atoms with Crippen LogP contribution in [-0.2, 0) is 22.4 Å². The van der Waals surface area contributed by atoms with Gasteiger partial charge in [-0.1, -0.05) is 0 Å². The number of hydrogen-bond acceptors (Lipinski definition) is 5. The number of carboxylic acids is 1. The number of aromatic nitrogens is 1. The molecule has 0 saturated carbocycles. The zero-order valence-electron chi connectivity index (χ0n) is 20.6. The third kappa shape index (κ3) is 5.01. The Hall–Kier alpha value is -4.86. The average Bonchev–Trinajstić information content (AvgIpc) is 3.40. The Morgan fingerprint density at radius 2 is 1.79 bits per heavy atom. The van der Waals surface area contributed by atoms with Gasteiger partial charge in [0.2, 0.25) is 0 Å². The Kier molecular flexibility index (Phi) is 6.69. The molecule has 2 aromatic carbocycles. The molecule has 10 heteroatoms. The molecular formula is C28H26N4O6. The second kappa shape index (κ2) is 10.3. The van der Waals surface area contributed by atoms with Crippen molar-refractivity contribution in [3.63, 3.8) is 0 Å². The summed E-state index contributed by atoms with van der Waals surface area (Å²) in [7, 11) is 1.56. The molecule has 0 spiro atoms. The van der Waals surface area contributed by atoms with Crippen molar-refractivity contribution in [1.29, 1.82) is 0 Å². The van der Waals surface area contributed by atoms with Gasteiger partial charge in [-0.05, 0) is 73.4 Å². The van der Waals surface area contributed by atoms with Gasteiger partial charge in [0, 0.05) is 52.4 Å². The summed E-state index contributed by atoms with van der Waals surface area (Å²) in [5.41, 5.74) is 5.08. The van der Waals surface area contributed by atoms with E-state index in [4.69, 9.17) is 4.74 Å². The summed E-state index contributed by atoms with van der Waals surface area (Å²) >= 11 is 0. The van der Waals surface area contributed by atoms with Crippen LogP contribution in [0, 0.1) is 0 Å². The minimum Gasteiger partial charge on any atom is -0.497 e. The van der Waals surface area contributed by atoms with Crippen LogP contribution in [0.15, 0.2) is 42.5 Å². The number of nitrogens with one attached hydrogen (secondary N) is 4. The third-order valence-electron chi connectivity index (χ3n) is 6.61. The number of amides is 3. The van der Waals surface area contributed by atoms with Crippen molar-refractivity contribution in [2.45, 2.75) is 32.1 Å². The lowest BCUT2D eigenvalue weighted by Gasteiger charge is -2.11. The Balaban J connectivity index is 1.43. The van der Waals surface area contributed by atoms with Crippen molar-refractivity contribution in [3.8, 4) is 5.75 Å². The van der Waals surface area contributed by atoms with E-state index >= 15 is 0 Å². The van der Waals surface area contributed by atoms with Crippen molar-refractivity contribution < 1.29 is 29.0 Å². The first-order valence-electron chi connectivity index (χ1n) is 12.2. The topological polar surface area (TPSA) is 150 Å². The first-order valence-corrected chi connectivity index (χ1v) is 12.2. The minimum atomic E-state index is -0.964. The minimum absolute atomic E-state index is 0.0156. The molecule has 1 aromatic heterocycles. The van der Waals surface area contributed by atoms with E-state index in [0.29, 0.717) is 63.6 Å². The third-order valence-corrected chi connectivity index (χ3v) is 6.61. The van der Waals surface area contributed by atoms with Crippen LogP contribution < -0.4 is 20.7 Å². The maximum Gasteiger partial charge on any atom is 0.323 e. The molecular weight excluding hydrogens is 488 g/mol.